The van der Waals surface area contributed by atoms with Gasteiger partial charge in [0.1, 0.15) is 11.3 Å². The molecule has 0 amide bonds. The molecule has 8 heteroatoms. The molecule has 3 aromatic rings. The van der Waals surface area contributed by atoms with Crippen LogP contribution in [0.4, 0.5) is 11.4 Å². The van der Waals surface area contributed by atoms with E-state index in [-0.39, 0.29) is 23.3 Å². The van der Waals surface area contributed by atoms with Gasteiger partial charge in [0.05, 0.1) is 22.2 Å². The van der Waals surface area contributed by atoms with Gasteiger partial charge < -0.3 is 15.4 Å². The number of hydrogen-bond donors (Lipinski definition) is 3. The molecular weight excluding hydrogens is 348 g/mol. The van der Waals surface area contributed by atoms with E-state index in [0.29, 0.717) is 11.9 Å². The zero-order valence-electron chi connectivity index (χ0n) is 14.4. The fraction of sp³-hybridized carbons (Fsp3) is 0.263. The number of aliphatic hydroxyl groups is 1. The SMILES string of the molecule is O=c1[nH]cnc2cc(NCC3(O)CCCc4ccccc43)c([N+](=O)[O-])cc12. The van der Waals surface area contributed by atoms with E-state index < -0.39 is 16.1 Å². The van der Waals surface area contributed by atoms with Crippen LogP contribution in [0.2, 0.25) is 0 Å². The van der Waals surface area contributed by atoms with Crippen LogP contribution in [-0.4, -0.2) is 26.5 Å². The van der Waals surface area contributed by atoms with Crippen molar-refractivity contribution in [3.8, 4) is 0 Å². The van der Waals surface area contributed by atoms with Crippen LogP contribution in [0.5, 0.6) is 0 Å². The molecule has 0 radical (unpaired) electrons. The van der Waals surface area contributed by atoms with E-state index in [4.69, 9.17) is 0 Å². The Bertz CT molecular complexity index is 1090. The standard InChI is InChI=1S/C19H18N4O4/c24-18-13-8-17(23(26)27)16(9-15(13)21-11-22-18)20-10-19(25)7-3-5-12-4-1-2-6-14(12)19/h1-2,4,6,8-9,11,20,25H,3,5,7,10H2,(H,21,22,24). The molecule has 1 aliphatic carbocycles. The minimum atomic E-state index is -1.11. The Morgan fingerprint density at radius 1 is 1.33 bits per heavy atom. The van der Waals surface area contributed by atoms with Gasteiger partial charge in [-0.1, -0.05) is 24.3 Å². The maximum absolute atomic E-state index is 11.9. The summed E-state index contributed by atoms with van der Waals surface area (Å²) in [6.07, 6.45) is 3.56. The van der Waals surface area contributed by atoms with Gasteiger partial charge in [0.2, 0.25) is 0 Å². The van der Waals surface area contributed by atoms with Gasteiger partial charge in [-0.05, 0) is 36.5 Å². The highest BCUT2D eigenvalue weighted by molar-refractivity contribution is 5.86. The number of benzene rings is 2. The first-order valence-electron chi connectivity index (χ1n) is 8.68. The third kappa shape index (κ3) is 3.04. The predicted molar refractivity (Wildman–Crippen MR) is 101 cm³/mol. The number of nitro groups is 1. The number of anilines is 1. The molecule has 4 rings (SSSR count). The van der Waals surface area contributed by atoms with Crippen LogP contribution in [0, 0.1) is 10.1 Å². The van der Waals surface area contributed by atoms with Crippen molar-refractivity contribution in [1.29, 1.82) is 0 Å². The Hall–Kier alpha value is -3.26. The predicted octanol–water partition coefficient (Wildman–Crippen LogP) is 2.47. The minimum absolute atomic E-state index is 0.125. The van der Waals surface area contributed by atoms with Crippen molar-refractivity contribution >= 4 is 22.3 Å². The van der Waals surface area contributed by atoms with Crippen LogP contribution >= 0.6 is 0 Å². The molecule has 0 saturated heterocycles. The van der Waals surface area contributed by atoms with Crippen LogP contribution < -0.4 is 10.9 Å². The van der Waals surface area contributed by atoms with Gasteiger partial charge in [0.15, 0.2) is 0 Å². The van der Waals surface area contributed by atoms with E-state index in [1.807, 2.05) is 24.3 Å². The number of hydrogen-bond acceptors (Lipinski definition) is 6. The van der Waals surface area contributed by atoms with Crippen LogP contribution in [0.25, 0.3) is 10.9 Å². The first-order chi connectivity index (χ1) is 13.0. The van der Waals surface area contributed by atoms with Crippen molar-refractivity contribution in [2.75, 3.05) is 11.9 Å². The molecule has 27 heavy (non-hydrogen) atoms. The van der Waals surface area contributed by atoms with Crippen molar-refractivity contribution in [3.05, 3.63) is 74.3 Å². The zero-order chi connectivity index (χ0) is 19.0. The van der Waals surface area contributed by atoms with Gasteiger partial charge in [0.25, 0.3) is 11.2 Å². The van der Waals surface area contributed by atoms with E-state index in [0.717, 1.165) is 24.0 Å². The number of aromatic amines is 1. The summed E-state index contributed by atoms with van der Waals surface area (Å²) in [5, 5.41) is 25.8. The van der Waals surface area contributed by atoms with Crippen molar-refractivity contribution in [1.82, 2.24) is 9.97 Å². The molecule has 2 aromatic carbocycles. The molecule has 8 nitrogen and oxygen atoms in total. The summed E-state index contributed by atoms with van der Waals surface area (Å²) in [4.78, 5) is 29.3. The lowest BCUT2D eigenvalue weighted by molar-refractivity contribution is -0.383. The monoisotopic (exact) mass is 366 g/mol. The first kappa shape index (κ1) is 17.2. The Balaban J connectivity index is 1.71. The summed E-state index contributed by atoms with van der Waals surface area (Å²) in [7, 11) is 0. The van der Waals surface area contributed by atoms with Gasteiger partial charge in [-0.25, -0.2) is 4.98 Å². The Morgan fingerprint density at radius 3 is 2.96 bits per heavy atom. The zero-order valence-corrected chi connectivity index (χ0v) is 14.4. The number of nitrogens with zero attached hydrogens (tertiary/aromatic N) is 2. The van der Waals surface area contributed by atoms with Crippen LogP contribution in [0.1, 0.15) is 24.0 Å². The van der Waals surface area contributed by atoms with Gasteiger partial charge in [-0.15, -0.1) is 0 Å². The third-order valence-corrected chi connectivity index (χ3v) is 5.08. The summed E-state index contributed by atoms with van der Waals surface area (Å²) >= 11 is 0. The highest BCUT2D eigenvalue weighted by atomic mass is 16.6. The van der Waals surface area contributed by atoms with Crippen molar-refractivity contribution < 1.29 is 10.0 Å². The molecule has 1 unspecified atom stereocenters. The molecule has 1 aromatic heterocycles. The largest absolute Gasteiger partial charge is 0.383 e. The number of aryl methyl sites for hydroxylation is 1. The third-order valence-electron chi connectivity index (χ3n) is 5.08. The summed E-state index contributed by atoms with van der Waals surface area (Å²) < 4.78 is 0. The van der Waals surface area contributed by atoms with Crippen molar-refractivity contribution in [2.24, 2.45) is 0 Å². The van der Waals surface area contributed by atoms with Crippen LogP contribution in [0.3, 0.4) is 0 Å². The Labute approximate surface area is 154 Å². The molecule has 1 heterocycles. The fourth-order valence-electron chi connectivity index (χ4n) is 3.72. The maximum atomic E-state index is 11.9. The van der Waals surface area contributed by atoms with E-state index in [1.165, 1.54) is 18.5 Å². The number of nitrogens with one attached hydrogen (secondary N) is 2. The van der Waals surface area contributed by atoms with E-state index >= 15 is 0 Å². The van der Waals surface area contributed by atoms with Crippen LogP contribution in [0.15, 0.2) is 47.5 Å². The minimum Gasteiger partial charge on any atom is -0.383 e. The molecule has 0 spiro atoms. The molecule has 0 fully saturated rings. The average molecular weight is 366 g/mol. The second kappa shape index (κ2) is 6.48. The molecular formula is C19H18N4O4. The number of fused-ring (bicyclic) bond motifs is 2. The summed E-state index contributed by atoms with van der Waals surface area (Å²) in [6.45, 7) is 0.125. The second-order valence-corrected chi connectivity index (χ2v) is 6.77. The number of aromatic nitrogens is 2. The van der Waals surface area contributed by atoms with E-state index in [9.17, 15) is 20.0 Å². The van der Waals surface area contributed by atoms with Gasteiger partial charge in [-0.2, -0.15) is 0 Å². The van der Waals surface area contributed by atoms with Gasteiger partial charge >= 0.3 is 0 Å². The molecule has 0 aliphatic heterocycles. The summed E-state index contributed by atoms with van der Waals surface area (Å²) in [5.41, 5.74) is 0.739. The summed E-state index contributed by atoms with van der Waals surface area (Å²) in [5.74, 6) is 0. The van der Waals surface area contributed by atoms with Crippen molar-refractivity contribution in [2.45, 2.75) is 24.9 Å². The highest BCUT2D eigenvalue weighted by Gasteiger charge is 2.34. The number of H-pyrrole nitrogens is 1. The Kier molecular flexibility index (Phi) is 4.12. The molecule has 0 bridgehead atoms. The van der Waals surface area contributed by atoms with Gasteiger partial charge in [0, 0.05) is 12.6 Å². The molecule has 138 valence electrons. The van der Waals surface area contributed by atoms with E-state index in [1.54, 1.807) is 0 Å². The first-order valence-corrected chi connectivity index (χ1v) is 8.68. The lowest BCUT2D eigenvalue weighted by Crippen LogP contribution is -2.37. The van der Waals surface area contributed by atoms with E-state index in [2.05, 4.69) is 15.3 Å². The normalized spacial score (nSPS) is 18.9. The molecule has 1 aliphatic rings. The number of rotatable bonds is 4. The second-order valence-electron chi connectivity index (χ2n) is 6.77. The average Bonchev–Trinajstić information content (AvgIpc) is 2.66. The smallest absolute Gasteiger partial charge is 0.293 e. The Morgan fingerprint density at radius 2 is 2.15 bits per heavy atom. The number of nitro benzene ring substituents is 1. The maximum Gasteiger partial charge on any atom is 0.293 e. The topological polar surface area (TPSA) is 121 Å². The van der Waals surface area contributed by atoms with Gasteiger partial charge in [-0.3, -0.25) is 14.9 Å². The molecule has 1 atom stereocenters. The summed E-state index contributed by atoms with van der Waals surface area (Å²) in [6, 6.07) is 10.4. The highest BCUT2D eigenvalue weighted by Crippen LogP contribution is 2.36. The lowest BCUT2D eigenvalue weighted by atomic mass is 9.79. The van der Waals surface area contributed by atoms with Crippen LogP contribution in [-0.2, 0) is 12.0 Å². The quantitative estimate of drug-likeness (QED) is 0.482. The molecule has 3 N–H and O–H groups in total. The molecule has 0 saturated carbocycles. The lowest BCUT2D eigenvalue weighted by Gasteiger charge is -2.35. The van der Waals surface area contributed by atoms with Crippen molar-refractivity contribution in [3.63, 3.8) is 0 Å². The fourth-order valence-corrected chi connectivity index (χ4v) is 3.72.